The van der Waals surface area contributed by atoms with Crippen molar-refractivity contribution in [3.8, 4) is 11.1 Å². The summed E-state index contributed by atoms with van der Waals surface area (Å²) in [5, 5.41) is 2.87. The van der Waals surface area contributed by atoms with E-state index in [1.807, 2.05) is 24.3 Å². The van der Waals surface area contributed by atoms with Crippen molar-refractivity contribution in [3.05, 3.63) is 88.9 Å². The van der Waals surface area contributed by atoms with Crippen LogP contribution in [0.25, 0.3) is 22.0 Å². The highest BCUT2D eigenvalue weighted by Gasteiger charge is 2.29. The molecule has 1 aliphatic rings. The van der Waals surface area contributed by atoms with Crippen LogP contribution in [0, 0.1) is 5.82 Å². The van der Waals surface area contributed by atoms with Crippen molar-refractivity contribution in [2.24, 2.45) is 0 Å². The SMILES string of the molecule is CC(C)(NC=O)C(=O)OCc1ccc(F)cc1-c1ccc2nc(N)nc(C(=O)N3Cc4ccccc4C3)c2c1. The van der Waals surface area contributed by atoms with Crippen LogP contribution < -0.4 is 11.1 Å². The Kier molecular flexibility index (Phi) is 6.69. The Labute approximate surface area is 223 Å². The molecule has 0 spiro atoms. The van der Waals surface area contributed by atoms with Gasteiger partial charge in [0.05, 0.1) is 5.52 Å². The Bertz CT molecular complexity index is 1600. The van der Waals surface area contributed by atoms with Gasteiger partial charge in [0.25, 0.3) is 5.91 Å². The van der Waals surface area contributed by atoms with E-state index in [1.165, 1.54) is 32.0 Å². The third-order valence-electron chi connectivity index (χ3n) is 6.72. The molecular formula is C29H26FN5O4. The van der Waals surface area contributed by atoms with E-state index < -0.39 is 17.3 Å². The second-order valence-electron chi connectivity index (χ2n) is 9.86. The summed E-state index contributed by atoms with van der Waals surface area (Å²) in [6, 6.07) is 17.1. The molecule has 0 radical (unpaired) electrons. The van der Waals surface area contributed by atoms with E-state index in [0.717, 1.165) is 11.1 Å². The molecule has 3 aromatic carbocycles. The zero-order valence-electron chi connectivity index (χ0n) is 21.4. The number of hydrogen-bond donors (Lipinski definition) is 2. The summed E-state index contributed by atoms with van der Waals surface area (Å²) in [5.74, 6) is -1.45. The lowest BCUT2D eigenvalue weighted by atomic mass is 9.97. The van der Waals surface area contributed by atoms with Gasteiger partial charge in [-0.25, -0.2) is 19.2 Å². The highest BCUT2D eigenvalue weighted by Crippen LogP contribution is 2.31. The largest absolute Gasteiger partial charge is 0.459 e. The van der Waals surface area contributed by atoms with Crippen LogP contribution >= 0.6 is 0 Å². The molecule has 9 nitrogen and oxygen atoms in total. The van der Waals surface area contributed by atoms with Crippen molar-refractivity contribution < 1.29 is 23.5 Å². The van der Waals surface area contributed by atoms with Crippen LogP contribution in [-0.2, 0) is 34.0 Å². The van der Waals surface area contributed by atoms with Gasteiger partial charge in [0.15, 0.2) is 0 Å². The number of rotatable bonds is 7. The van der Waals surface area contributed by atoms with E-state index in [0.29, 0.717) is 47.1 Å². The summed E-state index contributed by atoms with van der Waals surface area (Å²) in [4.78, 5) is 47.2. The van der Waals surface area contributed by atoms with Gasteiger partial charge in [-0.05, 0) is 65.9 Å². The number of anilines is 1. The van der Waals surface area contributed by atoms with E-state index in [2.05, 4.69) is 15.3 Å². The Morgan fingerprint density at radius 1 is 1.08 bits per heavy atom. The number of hydrogen-bond acceptors (Lipinski definition) is 7. The molecule has 0 atom stereocenters. The van der Waals surface area contributed by atoms with Gasteiger partial charge in [0, 0.05) is 18.5 Å². The van der Waals surface area contributed by atoms with Crippen molar-refractivity contribution in [1.29, 1.82) is 0 Å². The minimum absolute atomic E-state index is 0.0276. The number of amides is 2. The molecule has 198 valence electrons. The molecule has 0 aliphatic carbocycles. The average molecular weight is 528 g/mol. The van der Waals surface area contributed by atoms with Gasteiger partial charge in [-0.3, -0.25) is 9.59 Å². The smallest absolute Gasteiger partial charge is 0.331 e. The van der Waals surface area contributed by atoms with Crippen LogP contribution in [0.1, 0.15) is 41.0 Å². The average Bonchev–Trinajstić information content (AvgIpc) is 3.35. The molecule has 0 unspecified atom stereocenters. The normalized spacial score (nSPS) is 12.7. The second-order valence-corrected chi connectivity index (χ2v) is 9.86. The number of ether oxygens (including phenoxy) is 1. The maximum atomic E-state index is 14.4. The lowest BCUT2D eigenvalue weighted by Crippen LogP contribution is -2.47. The molecule has 0 fully saturated rings. The molecule has 1 aromatic heterocycles. The summed E-state index contributed by atoms with van der Waals surface area (Å²) < 4.78 is 19.8. The minimum Gasteiger partial charge on any atom is -0.459 e. The van der Waals surface area contributed by atoms with Gasteiger partial charge in [0.2, 0.25) is 12.4 Å². The Balaban J connectivity index is 1.50. The van der Waals surface area contributed by atoms with E-state index in [1.54, 1.807) is 23.1 Å². The van der Waals surface area contributed by atoms with Crippen LogP contribution in [0.2, 0.25) is 0 Å². The van der Waals surface area contributed by atoms with Gasteiger partial charge < -0.3 is 20.7 Å². The summed E-state index contributed by atoms with van der Waals surface area (Å²) in [7, 11) is 0. The molecule has 0 bridgehead atoms. The second kappa shape index (κ2) is 10.1. The predicted molar refractivity (Wildman–Crippen MR) is 142 cm³/mol. The lowest BCUT2D eigenvalue weighted by molar-refractivity contribution is -0.152. The van der Waals surface area contributed by atoms with Gasteiger partial charge in [-0.1, -0.05) is 36.4 Å². The van der Waals surface area contributed by atoms with E-state index in [9.17, 15) is 18.8 Å². The lowest BCUT2D eigenvalue weighted by Gasteiger charge is -2.22. The topological polar surface area (TPSA) is 128 Å². The van der Waals surface area contributed by atoms with Gasteiger partial charge >= 0.3 is 5.97 Å². The third-order valence-corrected chi connectivity index (χ3v) is 6.72. The first-order valence-electron chi connectivity index (χ1n) is 12.3. The van der Waals surface area contributed by atoms with E-state index in [-0.39, 0.29) is 24.2 Å². The number of aromatic nitrogens is 2. The van der Waals surface area contributed by atoms with Crippen LogP contribution in [-0.4, -0.2) is 38.7 Å². The molecule has 3 N–H and O–H groups in total. The molecule has 2 heterocycles. The monoisotopic (exact) mass is 527 g/mol. The highest BCUT2D eigenvalue weighted by atomic mass is 19.1. The van der Waals surface area contributed by atoms with E-state index in [4.69, 9.17) is 10.5 Å². The van der Waals surface area contributed by atoms with Crippen molar-refractivity contribution in [1.82, 2.24) is 20.2 Å². The first-order chi connectivity index (χ1) is 18.7. The molecule has 2 amide bonds. The number of nitrogen functional groups attached to an aromatic ring is 1. The molecule has 5 rings (SSSR count). The molecule has 39 heavy (non-hydrogen) atoms. The number of nitrogens with two attached hydrogens (primary N) is 1. The number of fused-ring (bicyclic) bond motifs is 2. The maximum Gasteiger partial charge on any atom is 0.331 e. The zero-order chi connectivity index (χ0) is 27.7. The predicted octanol–water partition coefficient (Wildman–Crippen LogP) is 3.74. The fourth-order valence-corrected chi connectivity index (χ4v) is 4.58. The molecule has 10 heteroatoms. The number of nitrogens with zero attached hydrogens (tertiary/aromatic N) is 3. The number of carbonyl (C=O) groups is 3. The summed E-state index contributed by atoms with van der Waals surface area (Å²) in [6.45, 7) is 3.78. The fraction of sp³-hybridized carbons (Fsp3) is 0.207. The van der Waals surface area contributed by atoms with Gasteiger partial charge in [-0.15, -0.1) is 0 Å². The maximum absolute atomic E-state index is 14.4. The number of benzene rings is 3. The Hall–Kier alpha value is -4.86. The van der Waals surface area contributed by atoms with Crippen LogP contribution in [0.4, 0.5) is 10.3 Å². The van der Waals surface area contributed by atoms with Crippen molar-refractivity contribution in [2.75, 3.05) is 5.73 Å². The summed E-state index contributed by atoms with van der Waals surface area (Å²) >= 11 is 0. The number of esters is 1. The zero-order valence-corrected chi connectivity index (χ0v) is 21.4. The van der Waals surface area contributed by atoms with Crippen molar-refractivity contribution in [2.45, 2.75) is 39.1 Å². The molecular weight excluding hydrogens is 501 g/mol. The van der Waals surface area contributed by atoms with Crippen molar-refractivity contribution >= 4 is 35.1 Å². The van der Waals surface area contributed by atoms with Gasteiger partial charge in [0.1, 0.15) is 23.7 Å². The summed E-state index contributed by atoms with van der Waals surface area (Å²) in [6.07, 6.45) is 0.425. The van der Waals surface area contributed by atoms with Crippen molar-refractivity contribution in [3.63, 3.8) is 0 Å². The first-order valence-corrected chi connectivity index (χ1v) is 12.3. The van der Waals surface area contributed by atoms with Gasteiger partial charge in [-0.2, -0.15) is 0 Å². The quantitative estimate of drug-likeness (QED) is 0.277. The Morgan fingerprint density at radius 2 is 1.79 bits per heavy atom. The van der Waals surface area contributed by atoms with Crippen LogP contribution in [0.5, 0.6) is 0 Å². The third kappa shape index (κ3) is 5.13. The summed E-state index contributed by atoms with van der Waals surface area (Å²) in [5.41, 5.74) is 9.06. The van der Waals surface area contributed by atoms with Crippen LogP contribution in [0.15, 0.2) is 60.7 Å². The number of nitrogens with one attached hydrogen (secondary N) is 1. The van der Waals surface area contributed by atoms with Crippen LogP contribution in [0.3, 0.4) is 0 Å². The first kappa shape index (κ1) is 25.8. The molecule has 1 aliphatic heterocycles. The molecule has 0 saturated carbocycles. The molecule has 0 saturated heterocycles. The van der Waals surface area contributed by atoms with E-state index >= 15 is 0 Å². The number of carbonyl (C=O) groups excluding carboxylic acids is 3. The highest BCUT2D eigenvalue weighted by molar-refractivity contribution is 6.06. The molecule has 4 aromatic rings. The standard InChI is InChI=1S/C29H26FN5O4/c1-29(2,32-16-36)27(38)39-15-20-7-9-21(30)12-22(20)17-8-10-24-23(11-17)25(34-28(31)33-24)26(37)35-13-18-5-3-4-6-19(18)14-35/h3-12,16H,13-15H2,1-2H3,(H,32,36)(H2,31,33,34). The number of halogens is 1. The minimum atomic E-state index is -1.23. The Morgan fingerprint density at radius 3 is 2.49 bits per heavy atom. The fourth-order valence-electron chi connectivity index (χ4n) is 4.58.